The van der Waals surface area contributed by atoms with Gasteiger partial charge in [0.25, 0.3) is 0 Å². The Morgan fingerprint density at radius 2 is 2.06 bits per heavy atom. The van der Waals surface area contributed by atoms with Crippen LogP contribution in [0.25, 0.3) is 0 Å². The molecule has 1 saturated heterocycles. The Labute approximate surface area is 179 Å². The van der Waals surface area contributed by atoms with Gasteiger partial charge in [-0.05, 0) is 30.9 Å². The largest absolute Gasteiger partial charge is 0.573 e. The molecule has 0 radical (unpaired) electrons. The normalized spacial score (nSPS) is 24.1. The number of hydrogen-bond acceptors (Lipinski definition) is 4. The van der Waals surface area contributed by atoms with Crippen molar-refractivity contribution in [1.82, 2.24) is 20.4 Å². The predicted octanol–water partition coefficient (Wildman–Crippen LogP) is 3.01. The number of alkyl halides is 3. The third kappa shape index (κ3) is 5.42. The smallest absolute Gasteiger partial charge is 0.405 e. The number of aromatic nitrogens is 2. The van der Waals surface area contributed by atoms with E-state index >= 15 is 0 Å². The highest BCUT2D eigenvalue weighted by Crippen LogP contribution is 2.45. The molecule has 2 aromatic rings. The first-order chi connectivity index (χ1) is 14.8. The average Bonchev–Trinajstić information content (AvgIpc) is 3.34. The van der Waals surface area contributed by atoms with Crippen LogP contribution >= 0.6 is 0 Å². The molecular weight excluding hydrogens is 409 g/mol. The number of guanidine groups is 1. The van der Waals surface area contributed by atoms with E-state index in [0.717, 1.165) is 38.0 Å². The van der Waals surface area contributed by atoms with Gasteiger partial charge in [-0.3, -0.25) is 9.67 Å². The molecular formula is C21H27F3N6O. The van der Waals surface area contributed by atoms with Gasteiger partial charge < -0.3 is 20.3 Å². The number of para-hydroxylation sites is 1. The Balaban J connectivity index is 1.34. The van der Waals surface area contributed by atoms with E-state index in [0.29, 0.717) is 11.5 Å². The van der Waals surface area contributed by atoms with Gasteiger partial charge in [0, 0.05) is 51.4 Å². The number of ether oxygens (including phenoxy) is 1. The van der Waals surface area contributed by atoms with Crippen LogP contribution < -0.4 is 20.3 Å². The van der Waals surface area contributed by atoms with Crippen LogP contribution in [-0.4, -0.2) is 54.3 Å². The van der Waals surface area contributed by atoms with Gasteiger partial charge in [0.2, 0.25) is 0 Å². The van der Waals surface area contributed by atoms with Gasteiger partial charge >= 0.3 is 6.36 Å². The lowest BCUT2D eigenvalue weighted by molar-refractivity contribution is -0.274. The Hall–Kier alpha value is -2.91. The highest BCUT2D eigenvalue weighted by atomic mass is 19.4. The number of nitrogens with zero attached hydrogens (tertiary/aromatic N) is 4. The van der Waals surface area contributed by atoms with E-state index in [1.807, 2.05) is 19.4 Å². The van der Waals surface area contributed by atoms with Crippen molar-refractivity contribution in [2.45, 2.75) is 43.6 Å². The van der Waals surface area contributed by atoms with Crippen LogP contribution in [0.4, 0.5) is 18.9 Å². The van der Waals surface area contributed by atoms with Crippen LogP contribution in [0.3, 0.4) is 0 Å². The summed E-state index contributed by atoms with van der Waals surface area (Å²) in [7, 11) is 3.61. The van der Waals surface area contributed by atoms with E-state index in [1.165, 1.54) is 6.07 Å². The van der Waals surface area contributed by atoms with Crippen molar-refractivity contribution in [3.05, 3.63) is 42.2 Å². The maximum atomic E-state index is 12.7. The summed E-state index contributed by atoms with van der Waals surface area (Å²) >= 11 is 0. The first kappa shape index (κ1) is 21.3. The predicted molar refractivity (Wildman–Crippen MR) is 112 cm³/mol. The quantitative estimate of drug-likeness (QED) is 0.557. The summed E-state index contributed by atoms with van der Waals surface area (Å²) in [4.78, 5) is 6.62. The zero-order chi connectivity index (χ0) is 22.0. The minimum Gasteiger partial charge on any atom is -0.405 e. The van der Waals surface area contributed by atoms with Crippen molar-refractivity contribution in [1.29, 1.82) is 0 Å². The van der Waals surface area contributed by atoms with Crippen molar-refractivity contribution in [2.75, 3.05) is 25.0 Å². The molecule has 0 amide bonds. The lowest BCUT2D eigenvalue weighted by Gasteiger charge is -2.34. The SMILES string of the molecule is CN=C(NC1CCCN(c2cnn(C)c2)C1)NC1CC1c1ccccc1OC(F)(F)F. The summed E-state index contributed by atoms with van der Waals surface area (Å²) < 4.78 is 44.1. The Morgan fingerprint density at radius 3 is 2.77 bits per heavy atom. The summed E-state index contributed by atoms with van der Waals surface area (Å²) in [6, 6.07) is 6.57. The van der Waals surface area contributed by atoms with Crippen molar-refractivity contribution < 1.29 is 17.9 Å². The maximum Gasteiger partial charge on any atom is 0.573 e. The van der Waals surface area contributed by atoms with E-state index < -0.39 is 6.36 Å². The first-order valence-corrected chi connectivity index (χ1v) is 10.4. The van der Waals surface area contributed by atoms with E-state index in [-0.39, 0.29) is 23.8 Å². The second-order valence-electron chi connectivity index (χ2n) is 8.05. The lowest BCUT2D eigenvalue weighted by Crippen LogP contribution is -2.51. The Bertz CT molecular complexity index is 928. The fraction of sp³-hybridized carbons (Fsp3) is 0.524. The molecule has 1 aliphatic carbocycles. The summed E-state index contributed by atoms with van der Waals surface area (Å²) in [5, 5.41) is 11.1. The van der Waals surface area contributed by atoms with Crippen molar-refractivity contribution in [3.63, 3.8) is 0 Å². The average molecular weight is 436 g/mol. The monoisotopic (exact) mass is 436 g/mol. The summed E-state index contributed by atoms with van der Waals surface area (Å²) in [6.07, 6.45) is 1.97. The van der Waals surface area contributed by atoms with E-state index in [1.54, 1.807) is 29.9 Å². The molecule has 3 unspecified atom stereocenters. The minimum atomic E-state index is -4.70. The van der Waals surface area contributed by atoms with Gasteiger partial charge in [0.1, 0.15) is 5.75 Å². The first-order valence-electron chi connectivity index (χ1n) is 10.4. The second-order valence-corrected chi connectivity index (χ2v) is 8.05. The number of halogens is 3. The highest BCUT2D eigenvalue weighted by molar-refractivity contribution is 5.81. The number of anilines is 1. The second kappa shape index (κ2) is 8.68. The van der Waals surface area contributed by atoms with Gasteiger partial charge in [0.15, 0.2) is 5.96 Å². The van der Waals surface area contributed by atoms with Gasteiger partial charge in [0.05, 0.1) is 11.9 Å². The van der Waals surface area contributed by atoms with E-state index in [4.69, 9.17) is 0 Å². The molecule has 31 heavy (non-hydrogen) atoms. The van der Waals surface area contributed by atoms with Crippen LogP contribution in [0.2, 0.25) is 0 Å². The van der Waals surface area contributed by atoms with E-state index in [9.17, 15) is 13.2 Å². The standard InChI is InChI=1S/C21H27F3N6O/c1-25-20(27-14-6-5-9-30(12-14)15-11-26-29(2)13-15)28-18-10-17(18)16-7-3-4-8-19(16)31-21(22,23)24/h3-4,7-8,11,13-14,17-18H,5-6,9-10,12H2,1-2H3,(H2,25,27,28). The fourth-order valence-electron chi connectivity index (χ4n) is 4.14. The number of hydrogen-bond donors (Lipinski definition) is 2. The highest BCUT2D eigenvalue weighted by Gasteiger charge is 2.42. The number of nitrogens with one attached hydrogen (secondary N) is 2. The van der Waals surface area contributed by atoms with Crippen molar-refractivity contribution in [3.8, 4) is 5.75 Å². The minimum absolute atomic E-state index is 0.0159. The summed E-state index contributed by atoms with van der Waals surface area (Å²) in [6.45, 7) is 1.82. The summed E-state index contributed by atoms with van der Waals surface area (Å²) in [5.41, 5.74) is 1.66. The molecule has 4 rings (SSSR count). The number of aryl methyl sites for hydroxylation is 1. The summed E-state index contributed by atoms with van der Waals surface area (Å²) in [5.74, 6) is 0.488. The molecule has 10 heteroatoms. The van der Waals surface area contributed by atoms with Gasteiger partial charge in [-0.2, -0.15) is 5.10 Å². The molecule has 1 aromatic carbocycles. The lowest BCUT2D eigenvalue weighted by atomic mass is 10.1. The van der Waals surface area contributed by atoms with E-state index in [2.05, 4.69) is 30.4 Å². The van der Waals surface area contributed by atoms with Crippen LogP contribution in [0.15, 0.2) is 41.7 Å². The number of rotatable bonds is 5. The maximum absolute atomic E-state index is 12.7. The zero-order valence-corrected chi connectivity index (χ0v) is 17.6. The molecule has 2 N–H and O–H groups in total. The molecule has 1 aliphatic heterocycles. The van der Waals surface area contributed by atoms with Gasteiger partial charge in [-0.15, -0.1) is 13.2 Å². The Kier molecular flexibility index (Phi) is 5.97. The van der Waals surface area contributed by atoms with Crippen LogP contribution in [0.1, 0.15) is 30.7 Å². The molecule has 1 saturated carbocycles. The van der Waals surface area contributed by atoms with Gasteiger partial charge in [-0.25, -0.2) is 0 Å². The number of piperidine rings is 1. The molecule has 2 fully saturated rings. The van der Waals surface area contributed by atoms with Gasteiger partial charge in [-0.1, -0.05) is 18.2 Å². The molecule has 2 heterocycles. The molecule has 1 aromatic heterocycles. The number of benzene rings is 1. The van der Waals surface area contributed by atoms with Crippen molar-refractivity contribution >= 4 is 11.6 Å². The third-order valence-corrected chi connectivity index (χ3v) is 5.70. The zero-order valence-electron chi connectivity index (χ0n) is 17.6. The molecule has 7 nitrogen and oxygen atoms in total. The molecule has 2 aliphatic rings. The van der Waals surface area contributed by atoms with Crippen LogP contribution in [-0.2, 0) is 7.05 Å². The molecule has 3 atom stereocenters. The Morgan fingerprint density at radius 1 is 1.26 bits per heavy atom. The topological polar surface area (TPSA) is 66.7 Å². The third-order valence-electron chi connectivity index (χ3n) is 5.70. The fourth-order valence-corrected chi connectivity index (χ4v) is 4.14. The number of aliphatic imine (C=N–C) groups is 1. The van der Waals surface area contributed by atoms with Crippen molar-refractivity contribution in [2.24, 2.45) is 12.0 Å². The molecule has 0 spiro atoms. The molecule has 0 bridgehead atoms. The molecule has 168 valence electrons. The van der Waals surface area contributed by atoms with Crippen LogP contribution in [0, 0.1) is 0 Å². The van der Waals surface area contributed by atoms with Crippen LogP contribution in [0.5, 0.6) is 5.75 Å².